The van der Waals surface area contributed by atoms with E-state index in [9.17, 15) is 9.59 Å². The molecule has 0 saturated carbocycles. The van der Waals surface area contributed by atoms with Crippen LogP contribution in [0.15, 0.2) is 95.6 Å². The fourth-order valence-electron chi connectivity index (χ4n) is 3.40. The van der Waals surface area contributed by atoms with Crippen LogP contribution in [0.1, 0.15) is 17.0 Å². The molecule has 3 aromatic carbocycles. The van der Waals surface area contributed by atoms with Crippen molar-refractivity contribution >= 4 is 46.5 Å². The second-order valence-electron chi connectivity index (χ2n) is 7.70. The lowest BCUT2D eigenvalue weighted by atomic mass is 10.2. The van der Waals surface area contributed by atoms with E-state index < -0.39 is 6.03 Å². The van der Waals surface area contributed by atoms with E-state index in [0.717, 1.165) is 5.75 Å². The van der Waals surface area contributed by atoms with Gasteiger partial charge >= 0.3 is 6.03 Å². The third-order valence-electron chi connectivity index (χ3n) is 5.13. The van der Waals surface area contributed by atoms with Gasteiger partial charge in [-0.05, 0) is 73.2 Å². The molecular formula is C27H23Cl2N3O4. The molecule has 0 aliphatic rings. The normalized spacial score (nSPS) is 10.5. The fraction of sp³-hybridized carbons (Fsp3) is 0.111. The molecule has 0 unspecified atom stereocenters. The number of halogens is 2. The lowest BCUT2D eigenvalue weighted by Crippen LogP contribution is -2.35. The summed E-state index contributed by atoms with van der Waals surface area (Å²) >= 11 is 12.0. The molecule has 0 spiro atoms. The van der Waals surface area contributed by atoms with Gasteiger partial charge in [0.2, 0.25) is 0 Å². The molecule has 7 nitrogen and oxygen atoms in total. The van der Waals surface area contributed by atoms with Crippen molar-refractivity contribution in [2.24, 2.45) is 0 Å². The summed E-state index contributed by atoms with van der Waals surface area (Å²) in [5.74, 6) is 1.31. The monoisotopic (exact) mass is 523 g/mol. The number of rotatable bonds is 9. The molecule has 1 heterocycles. The third kappa shape index (κ3) is 6.81. The van der Waals surface area contributed by atoms with Crippen LogP contribution in [0.2, 0.25) is 10.0 Å². The predicted octanol–water partition coefficient (Wildman–Crippen LogP) is 7.24. The second kappa shape index (κ2) is 12.2. The van der Waals surface area contributed by atoms with E-state index in [1.54, 1.807) is 47.4 Å². The molecule has 0 atom stereocenters. The fourth-order valence-corrected chi connectivity index (χ4v) is 3.85. The highest BCUT2D eigenvalue weighted by Gasteiger charge is 2.20. The van der Waals surface area contributed by atoms with Crippen molar-refractivity contribution in [3.05, 3.63) is 107 Å². The number of nitrogens with zero attached hydrogens (tertiary/aromatic N) is 1. The molecule has 1 aromatic heterocycles. The number of benzene rings is 3. The van der Waals surface area contributed by atoms with Crippen LogP contribution in [0.5, 0.6) is 11.5 Å². The zero-order valence-electron chi connectivity index (χ0n) is 19.1. The zero-order chi connectivity index (χ0) is 25.3. The minimum Gasteiger partial charge on any atom is -0.459 e. The van der Waals surface area contributed by atoms with E-state index in [0.29, 0.717) is 46.7 Å². The maximum atomic E-state index is 13.1. The highest BCUT2D eigenvalue weighted by molar-refractivity contribution is 6.36. The molecule has 2 N–H and O–H groups in total. The van der Waals surface area contributed by atoms with Gasteiger partial charge in [-0.15, -0.1) is 0 Å². The first-order valence-corrected chi connectivity index (χ1v) is 11.9. The molecule has 0 aliphatic carbocycles. The van der Waals surface area contributed by atoms with Crippen LogP contribution in [0.3, 0.4) is 0 Å². The van der Waals surface area contributed by atoms with Gasteiger partial charge in [-0.2, -0.15) is 0 Å². The van der Waals surface area contributed by atoms with Crippen LogP contribution < -0.4 is 20.3 Å². The average molecular weight is 524 g/mol. The van der Waals surface area contributed by atoms with Crippen molar-refractivity contribution in [2.45, 2.75) is 6.42 Å². The van der Waals surface area contributed by atoms with E-state index in [1.807, 2.05) is 42.5 Å². The highest BCUT2D eigenvalue weighted by Crippen LogP contribution is 2.26. The van der Waals surface area contributed by atoms with E-state index >= 15 is 0 Å². The van der Waals surface area contributed by atoms with Crippen molar-refractivity contribution in [1.82, 2.24) is 5.32 Å². The number of urea groups is 1. The lowest BCUT2D eigenvalue weighted by molar-refractivity contribution is 0.0960. The van der Waals surface area contributed by atoms with Crippen molar-refractivity contribution in [3.8, 4) is 11.5 Å². The Morgan fingerprint density at radius 1 is 0.889 bits per heavy atom. The minimum atomic E-state index is -0.412. The van der Waals surface area contributed by atoms with E-state index in [-0.39, 0.29) is 11.7 Å². The van der Waals surface area contributed by atoms with Gasteiger partial charge in [0, 0.05) is 23.8 Å². The van der Waals surface area contributed by atoms with Gasteiger partial charge in [-0.3, -0.25) is 4.79 Å². The molecule has 184 valence electrons. The first-order valence-electron chi connectivity index (χ1n) is 11.2. The van der Waals surface area contributed by atoms with Gasteiger partial charge in [-0.25, -0.2) is 4.79 Å². The summed E-state index contributed by atoms with van der Waals surface area (Å²) in [5.41, 5.74) is 1.13. The van der Waals surface area contributed by atoms with Crippen LogP contribution in [0.4, 0.5) is 16.2 Å². The Balaban J connectivity index is 1.37. The number of carbonyl (C=O) groups excluding carboxylic acids is 2. The maximum absolute atomic E-state index is 13.1. The molecule has 0 bridgehead atoms. The number of carbonyl (C=O) groups is 2. The molecule has 36 heavy (non-hydrogen) atoms. The quantitative estimate of drug-likeness (QED) is 0.226. The Morgan fingerprint density at radius 2 is 1.64 bits per heavy atom. The Hall–Kier alpha value is -3.94. The number of furan rings is 1. The van der Waals surface area contributed by atoms with Gasteiger partial charge in [0.1, 0.15) is 11.5 Å². The van der Waals surface area contributed by atoms with Gasteiger partial charge in [0.05, 0.1) is 17.0 Å². The van der Waals surface area contributed by atoms with Crippen molar-refractivity contribution < 1.29 is 18.7 Å². The van der Waals surface area contributed by atoms with E-state index in [1.165, 1.54) is 6.26 Å². The summed E-state index contributed by atoms with van der Waals surface area (Å²) in [6.07, 6.45) is 1.95. The van der Waals surface area contributed by atoms with Gasteiger partial charge in [0.15, 0.2) is 5.76 Å². The van der Waals surface area contributed by atoms with Crippen LogP contribution >= 0.6 is 23.2 Å². The zero-order valence-corrected chi connectivity index (χ0v) is 20.6. The number of amides is 3. The Bertz CT molecular complexity index is 1300. The predicted molar refractivity (Wildman–Crippen MR) is 141 cm³/mol. The molecule has 9 heteroatoms. The van der Waals surface area contributed by atoms with Crippen LogP contribution in [-0.2, 0) is 0 Å². The third-order valence-corrected chi connectivity index (χ3v) is 5.68. The number of nitrogens with one attached hydrogen (secondary N) is 2. The van der Waals surface area contributed by atoms with Crippen molar-refractivity contribution in [3.63, 3.8) is 0 Å². The average Bonchev–Trinajstić information content (AvgIpc) is 3.42. The largest absolute Gasteiger partial charge is 0.459 e. The Labute approximate surface area is 218 Å². The van der Waals surface area contributed by atoms with Crippen LogP contribution in [0, 0.1) is 0 Å². The minimum absolute atomic E-state index is 0.225. The van der Waals surface area contributed by atoms with E-state index in [4.69, 9.17) is 32.4 Å². The SMILES string of the molecule is O=C(NCCCN(C(=O)c1ccco1)c1ccc(Oc2ccccc2)cc1)Nc1ccc(Cl)cc1Cl. The molecule has 0 fully saturated rings. The molecular weight excluding hydrogens is 501 g/mol. The Morgan fingerprint density at radius 3 is 2.33 bits per heavy atom. The maximum Gasteiger partial charge on any atom is 0.319 e. The first-order chi connectivity index (χ1) is 17.5. The number of anilines is 2. The smallest absolute Gasteiger partial charge is 0.319 e. The summed E-state index contributed by atoms with van der Waals surface area (Å²) in [7, 11) is 0. The molecule has 4 rings (SSSR count). The highest BCUT2D eigenvalue weighted by atomic mass is 35.5. The van der Waals surface area contributed by atoms with Crippen LogP contribution in [0.25, 0.3) is 0 Å². The van der Waals surface area contributed by atoms with Gasteiger partial charge < -0.3 is 24.7 Å². The van der Waals surface area contributed by atoms with Gasteiger partial charge in [0.25, 0.3) is 5.91 Å². The van der Waals surface area contributed by atoms with Gasteiger partial charge in [-0.1, -0.05) is 41.4 Å². The number of hydrogen-bond donors (Lipinski definition) is 2. The second-order valence-corrected chi connectivity index (χ2v) is 8.55. The lowest BCUT2D eigenvalue weighted by Gasteiger charge is -2.22. The summed E-state index contributed by atoms with van der Waals surface area (Å²) < 4.78 is 11.2. The van der Waals surface area contributed by atoms with E-state index in [2.05, 4.69) is 10.6 Å². The summed E-state index contributed by atoms with van der Waals surface area (Å²) in [4.78, 5) is 26.9. The molecule has 0 saturated heterocycles. The molecule has 3 amide bonds. The topological polar surface area (TPSA) is 83.8 Å². The summed E-state index contributed by atoms with van der Waals surface area (Å²) in [6.45, 7) is 0.675. The van der Waals surface area contributed by atoms with Crippen molar-refractivity contribution in [1.29, 1.82) is 0 Å². The number of para-hydroxylation sites is 1. The molecule has 4 aromatic rings. The summed E-state index contributed by atoms with van der Waals surface area (Å²) in [6, 6.07) is 24.3. The molecule has 0 aliphatic heterocycles. The standard InChI is InChI=1S/C27H23Cl2N3O4/c28-19-9-14-24(23(29)18-19)31-27(34)30-15-5-16-32(26(33)25-8-4-17-35-25)20-10-12-22(13-11-20)36-21-6-2-1-3-7-21/h1-4,6-14,17-18H,5,15-16H2,(H2,30,31,34). The first kappa shape index (κ1) is 25.2. The number of hydrogen-bond acceptors (Lipinski definition) is 4. The summed E-state index contributed by atoms with van der Waals surface area (Å²) in [5, 5.41) is 6.26. The molecule has 0 radical (unpaired) electrons. The Kier molecular flexibility index (Phi) is 8.49. The van der Waals surface area contributed by atoms with Crippen LogP contribution in [-0.4, -0.2) is 25.0 Å². The van der Waals surface area contributed by atoms with Crippen molar-refractivity contribution in [2.75, 3.05) is 23.3 Å². The number of ether oxygens (including phenoxy) is 1.